The van der Waals surface area contributed by atoms with Crippen molar-refractivity contribution in [1.29, 1.82) is 0 Å². The maximum Gasteiger partial charge on any atom is 0.335 e. The number of aliphatic carboxylic acids is 1. The molecular weight excluding hydrogens is 388 g/mol. The molecule has 0 amide bonds. The highest BCUT2D eigenvalue weighted by Gasteiger charge is 2.31. The van der Waals surface area contributed by atoms with E-state index in [1.54, 1.807) is 18.2 Å². The van der Waals surface area contributed by atoms with Crippen molar-refractivity contribution < 1.29 is 19.8 Å². The Morgan fingerprint density at radius 3 is 2.41 bits per heavy atom. The van der Waals surface area contributed by atoms with E-state index < -0.39 is 18.0 Å². The minimum Gasteiger partial charge on any atom is -0.480 e. The lowest BCUT2D eigenvalue weighted by Gasteiger charge is -2.31. The van der Waals surface area contributed by atoms with Gasteiger partial charge in [0, 0.05) is 53.8 Å². The molecule has 4 rings (SSSR count). The van der Waals surface area contributed by atoms with E-state index in [2.05, 4.69) is 0 Å². The number of rotatable bonds is 6. The molecule has 0 radical (unpaired) electrons. The lowest BCUT2D eigenvalue weighted by atomic mass is 10.0. The first-order valence-electron chi connectivity index (χ1n) is 9.49. The van der Waals surface area contributed by atoms with Gasteiger partial charge in [-0.2, -0.15) is 11.8 Å². The Kier molecular flexibility index (Phi) is 5.60. The van der Waals surface area contributed by atoms with Crippen molar-refractivity contribution in [1.82, 2.24) is 9.47 Å². The van der Waals surface area contributed by atoms with Crippen LogP contribution < -0.4 is 0 Å². The molecule has 2 aromatic carbocycles. The first kappa shape index (κ1) is 19.5. The lowest BCUT2D eigenvalue weighted by Crippen LogP contribution is -2.39. The second-order valence-electron chi connectivity index (χ2n) is 7.12. The molecule has 6 nitrogen and oxygen atoms in total. The van der Waals surface area contributed by atoms with Crippen molar-refractivity contribution in [3.05, 3.63) is 71.4 Å². The van der Waals surface area contributed by atoms with Gasteiger partial charge in [-0.05, 0) is 23.8 Å². The normalized spacial score (nSPS) is 16.0. The third-order valence-electron chi connectivity index (χ3n) is 5.29. The molecular formula is C22H22N2O4S. The van der Waals surface area contributed by atoms with Crippen LogP contribution in [0.1, 0.15) is 27.5 Å². The van der Waals surface area contributed by atoms with Crippen molar-refractivity contribution in [3.63, 3.8) is 0 Å². The molecule has 1 saturated heterocycles. The average molecular weight is 410 g/mol. The van der Waals surface area contributed by atoms with Gasteiger partial charge in [0.1, 0.15) is 6.04 Å². The summed E-state index contributed by atoms with van der Waals surface area (Å²) < 4.78 is 2.01. The summed E-state index contributed by atoms with van der Waals surface area (Å²) in [6, 6.07) is 14.1. The molecule has 29 heavy (non-hydrogen) atoms. The van der Waals surface area contributed by atoms with Crippen LogP contribution in [0.2, 0.25) is 0 Å². The fourth-order valence-electron chi connectivity index (χ4n) is 3.91. The summed E-state index contributed by atoms with van der Waals surface area (Å²) >= 11 is 1.82. The predicted molar refractivity (Wildman–Crippen MR) is 114 cm³/mol. The molecule has 0 aliphatic carbocycles. The fraction of sp³-hybridized carbons (Fsp3) is 0.273. The third-order valence-corrected chi connectivity index (χ3v) is 6.24. The minimum atomic E-state index is -1.02. The number of carboxylic acid groups (broad SMARTS) is 2. The van der Waals surface area contributed by atoms with Crippen LogP contribution in [0.15, 0.2) is 54.7 Å². The number of carbonyl (C=O) groups is 2. The molecule has 3 aromatic rings. The summed E-state index contributed by atoms with van der Waals surface area (Å²) in [4.78, 5) is 25.8. The zero-order chi connectivity index (χ0) is 20.4. The Balaban J connectivity index is 1.85. The number of fused-ring (bicyclic) bond motifs is 1. The van der Waals surface area contributed by atoms with Gasteiger partial charge in [0.2, 0.25) is 0 Å². The van der Waals surface area contributed by atoms with E-state index in [4.69, 9.17) is 0 Å². The summed E-state index contributed by atoms with van der Waals surface area (Å²) in [6.45, 7) is 1.99. The van der Waals surface area contributed by atoms with Gasteiger partial charge in [-0.3, -0.25) is 9.69 Å². The fourth-order valence-corrected chi connectivity index (χ4v) is 4.84. The number of nitrogens with zero attached hydrogens (tertiary/aromatic N) is 2. The molecule has 0 spiro atoms. The summed E-state index contributed by atoms with van der Waals surface area (Å²) in [5.41, 5.74) is 2.75. The largest absolute Gasteiger partial charge is 0.480 e. The van der Waals surface area contributed by atoms with Crippen LogP contribution in [-0.2, 0) is 11.3 Å². The Bertz CT molecular complexity index is 1040. The standard InChI is InChI=1S/C22H22N2O4S/c25-21(26)16-6-7-19-17(12-16)18(14-24(19)13-15-4-2-1-3-5-15)20(22(27)28)23-8-10-29-11-9-23/h1-7,12,14,20H,8-11,13H2,(H,25,26)(H,27,28)/t20-/m0/s1. The van der Waals surface area contributed by atoms with Crippen LogP contribution >= 0.6 is 11.8 Å². The number of carboxylic acids is 2. The predicted octanol–water partition coefficient (Wildman–Crippen LogP) is 3.56. The molecule has 1 aliphatic rings. The molecule has 1 atom stereocenters. The van der Waals surface area contributed by atoms with E-state index in [1.807, 2.05) is 57.8 Å². The van der Waals surface area contributed by atoms with Gasteiger partial charge in [-0.1, -0.05) is 30.3 Å². The van der Waals surface area contributed by atoms with Gasteiger partial charge in [-0.25, -0.2) is 4.79 Å². The highest BCUT2D eigenvalue weighted by atomic mass is 32.2. The minimum absolute atomic E-state index is 0.162. The first-order valence-corrected chi connectivity index (χ1v) is 10.6. The van der Waals surface area contributed by atoms with Crippen molar-refractivity contribution >= 4 is 34.6 Å². The molecule has 1 aromatic heterocycles. The molecule has 0 saturated carbocycles. The maximum absolute atomic E-state index is 12.3. The second kappa shape index (κ2) is 8.31. The van der Waals surface area contributed by atoms with Crippen LogP contribution in [0, 0.1) is 0 Å². The Morgan fingerprint density at radius 1 is 1.03 bits per heavy atom. The lowest BCUT2D eigenvalue weighted by molar-refractivity contribution is -0.143. The van der Waals surface area contributed by atoms with E-state index in [0.717, 1.165) is 22.6 Å². The van der Waals surface area contributed by atoms with E-state index in [1.165, 1.54) is 0 Å². The molecule has 150 valence electrons. The van der Waals surface area contributed by atoms with Gasteiger partial charge in [0.15, 0.2) is 0 Å². The van der Waals surface area contributed by atoms with E-state index in [-0.39, 0.29) is 5.56 Å². The van der Waals surface area contributed by atoms with Gasteiger partial charge in [0.25, 0.3) is 0 Å². The second-order valence-corrected chi connectivity index (χ2v) is 8.35. The highest BCUT2D eigenvalue weighted by molar-refractivity contribution is 7.99. The molecule has 1 aliphatic heterocycles. The monoisotopic (exact) mass is 410 g/mol. The number of hydrogen-bond donors (Lipinski definition) is 2. The SMILES string of the molecule is O=C(O)c1ccc2c(c1)c([C@@H](C(=O)O)N1CCSCC1)cn2Cc1ccccc1. The van der Waals surface area contributed by atoms with Crippen molar-refractivity contribution in [2.75, 3.05) is 24.6 Å². The Hall–Kier alpha value is -2.77. The Labute approximate surface area is 172 Å². The Morgan fingerprint density at radius 2 is 1.76 bits per heavy atom. The van der Waals surface area contributed by atoms with Crippen molar-refractivity contribution in [3.8, 4) is 0 Å². The zero-order valence-corrected chi connectivity index (χ0v) is 16.6. The van der Waals surface area contributed by atoms with Crippen LogP contribution in [0.3, 0.4) is 0 Å². The maximum atomic E-state index is 12.3. The van der Waals surface area contributed by atoms with E-state index >= 15 is 0 Å². The van der Waals surface area contributed by atoms with Crippen molar-refractivity contribution in [2.45, 2.75) is 12.6 Å². The van der Waals surface area contributed by atoms with Gasteiger partial charge in [-0.15, -0.1) is 0 Å². The molecule has 2 heterocycles. The van der Waals surface area contributed by atoms with Crippen LogP contribution in [0.5, 0.6) is 0 Å². The van der Waals surface area contributed by atoms with Crippen molar-refractivity contribution in [2.24, 2.45) is 0 Å². The number of hydrogen-bond acceptors (Lipinski definition) is 4. The van der Waals surface area contributed by atoms with Gasteiger partial charge < -0.3 is 14.8 Å². The van der Waals surface area contributed by atoms with Crippen LogP contribution in [0.25, 0.3) is 10.9 Å². The van der Waals surface area contributed by atoms with Gasteiger partial charge >= 0.3 is 11.9 Å². The van der Waals surface area contributed by atoms with E-state index in [9.17, 15) is 19.8 Å². The topological polar surface area (TPSA) is 82.8 Å². The zero-order valence-electron chi connectivity index (χ0n) is 15.8. The van der Waals surface area contributed by atoms with E-state index in [0.29, 0.717) is 30.6 Å². The molecule has 1 fully saturated rings. The quantitative estimate of drug-likeness (QED) is 0.647. The molecule has 0 unspecified atom stereocenters. The summed E-state index contributed by atoms with van der Waals surface area (Å²) in [7, 11) is 0. The summed E-state index contributed by atoms with van der Waals surface area (Å²) in [6.07, 6.45) is 1.88. The summed E-state index contributed by atoms with van der Waals surface area (Å²) in [5.74, 6) is -0.133. The van der Waals surface area contributed by atoms with Crippen LogP contribution in [-0.4, -0.2) is 56.2 Å². The number of thioether (sulfide) groups is 1. The number of aromatic carboxylic acids is 1. The molecule has 0 bridgehead atoms. The highest BCUT2D eigenvalue weighted by Crippen LogP contribution is 2.33. The van der Waals surface area contributed by atoms with Gasteiger partial charge in [0.05, 0.1) is 5.56 Å². The molecule has 7 heteroatoms. The number of aromatic nitrogens is 1. The van der Waals surface area contributed by atoms with Crippen LogP contribution in [0.4, 0.5) is 0 Å². The average Bonchev–Trinajstić information content (AvgIpc) is 3.07. The smallest absolute Gasteiger partial charge is 0.335 e. The summed E-state index contributed by atoms with van der Waals surface area (Å²) in [5, 5.41) is 20.2. The molecule has 2 N–H and O–H groups in total. The number of benzene rings is 2. The third kappa shape index (κ3) is 4.02. The first-order chi connectivity index (χ1) is 14.0.